The van der Waals surface area contributed by atoms with Gasteiger partial charge in [0.25, 0.3) is 5.91 Å². The monoisotopic (exact) mass is 310 g/mol. The number of aromatic nitrogens is 2. The summed E-state index contributed by atoms with van der Waals surface area (Å²) in [6, 6.07) is 4.40. The van der Waals surface area contributed by atoms with Crippen molar-refractivity contribution >= 4 is 23.2 Å². The second kappa shape index (κ2) is 6.13. The molecule has 0 unspecified atom stereocenters. The number of nitrogens with two attached hydrogens (primary N) is 1. The first kappa shape index (κ1) is 15.3. The molecule has 3 N–H and O–H groups in total. The van der Waals surface area contributed by atoms with Crippen molar-refractivity contribution in [2.45, 2.75) is 19.9 Å². The minimum atomic E-state index is -0.452. The number of amides is 1. The number of aromatic amines is 1. The van der Waals surface area contributed by atoms with Crippen LogP contribution in [0.3, 0.4) is 0 Å². The zero-order valence-electron chi connectivity index (χ0n) is 11.8. The maximum absolute atomic E-state index is 13.7. The van der Waals surface area contributed by atoms with Gasteiger partial charge in [0.15, 0.2) is 5.69 Å². The highest BCUT2D eigenvalue weighted by atomic mass is 35.5. The van der Waals surface area contributed by atoms with Crippen LogP contribution < -0.4 is 5.73 Å². The van der Waals surface area contributed by atoms with Gasteiger partial charge in [0.2, 0.25) is 0 Å². The van der Waals surface area contributed by atoms with Gasteiger partial charge in [-0.2, -0.15) is 5.10 Å². The molecule has 2 rings (SSSR count). The highest BCUT2D eigenvalue weighted by molar-refractivity contribution is 6.31. The van der Waals surface area contributed by atoms with Crippen LogP contribution in [0.15, 0.2) is 18.2 Å². The first-order valence-electron chi connectivity index (χ1n) is 6.46. The van der Waals surface area contributed by atoms with Crippen molar-refractivity contribution in [2.75, 3.05) is 12.8 Å². The number of nitrogens with zero attached hydrogens (tertiary/aromatic N) is 2. The van der Waals surface area contributed by atoms with Crippen LogP contribution in [0, 0.1) is 5.82 Å². The Morgan fingerprint density at radius 3 is 2.81 bits per heavy atom. The standard InChI is InChI=1S/C14H16ClFN4O/c1-3-11-12(17)13(19-18-11)14(21)20(2)7-8-9(15)5-4-6-10(8)16/h4-6H,3,7,17H2,1-2H3,(H,18,19). The van der Waals surface area contributed by atoms with Crippen molar-refractivity contribution in [2.24, 2.45) is 0 Å². The number of anilines is 1. The topological polar surface area (TPSA) is 75.0 Å². The quantitative estimate of drug-likeness (QED) is 0.911. The Balaban J connectivity index is 2.22. The van der Waals surface area contributed by atoms with Crippen LogP contribution in [0.2, 0.25) is 5.02 Å². The van der Waals surface area contributed by atoms with Crippen molar-refractivity contribution < 1.29 is 9.18 Å². The zero-order chi connectivity index (χ0) is 15.6. The van der Waals surface area contributed by atoms with Crippen molar-refractivity contribution in [3.05, 3.63) is 46.0 Å². The van der Waals surface area contributed by atoms with Crippen LogP contribution in [0.1, 0.15) is 28.7 Å². The third-order valence-electron chi connectivity index (χ3n) is 3.24. The number of nitrogens with one attached hydrogen (secondary N) is 1. The molecule has 0 atom stereocenters. The van der Waals surface area contributed by atoms with Crippen LogP contribution >= 0.6 is 11.6 Å². The molecule has 0 fully saturated rings. The molecule has 7 heteroatoms. The summed E-state index contributed by atoms with van der Waals surface area (Å²) in [6.45, 7) is 1.94. The molecule has 112 valence electrons. The van der Waals surface area contributed by atoms with Crippen LogP contribution in [0.5, 0.6) is 0 Å². The molecule has 1 heterocycles. The van der Waals surface area contributed by atoms with Gasteiger partial charge in [-0.3, -0.25) is 9.89 Å². The lowest BCUT2D eigenvalue weighted by Gasteiger charge is -2.17. The molecule has 5 nitrogen and oxygen atoms in total. The molecule has 0 aliphatic carbocycles. The number of carbonyl (C=O) groups excluding carboxylic acids is 1. The van der Waals surface area contributed by atoms with E-state index in [0.29, 0.717) is 17.8 Å². The van der Waals surface area contributed by atoms with Crippen LogP contribution in [0.4, 0.5) is 10.1 Å². The number of aryl methyl sites for hydroxylation is 1. The Labute approximate surface area is 126 Å². The van der Waals surface area contributed by atoms with E-state index in [1.165, 1.54) is 17.0 Å². The predicted molar refractivity (Wildman–Crippen MR) is 79.6 cm³/mol. The van der Waals surface area contributed by atoms with E-state index < -0.39 is 5.82 Å². The third-order valence-corrected chi connectivity index (χ3v) is 3.60. The molecule has 0 bridgehead atoms. The van der Waals surface area contributed by atoms with Gasteiger partial charge in [-0.1, -0.05) is 24.6 Å². The molecule has 0 aliphatic rings. The fraction of sp³-hybridized carbons (Fsp3) is 0.286. The minimum Gasteiger partial charge on any atom is -0.395 e. The van der Waals surface area contributed by atoms with Gasteiger partial charge in [-0.05, 0) is 18.6 Å². The summed E-state index contributed by atoms with van der Waals surface area (Å²) in [5.74, 6) is -0.839. The summed E-state index contributed by atoms with van der Waals surface area (Å²) in [4.78, 5) is 13.6. The minimum absolute atomic E-state index is 0.0398. The lowest BCUT2D eigenvalue weighted by molar-refractivity contribution is 0.0779. The summed E-state index contributed by atoms with van der Waals surface area (Å²) in [5.41, 5.74) is 7.30. The highest BCUT2D eigenvalue weighted by Gasteiger charge is 2.21. The largest absolute Gasteiger partial charge is 0.395 e. The van der Waals surface area contributed by atoms with Gasteiger partial charge in [0.1, 0.15) is 5.82 Å². The second-order valence-corrected chi connectivity index (χ2v) is 5.09. The van der Waals surface area contributed by atoms with Gasteiger partial charge in [-0.15, -0.1) is 0 Å². The number of carbonyl (C=O) groups is 1. The molecule has 0 spiro atoms. The maximum Gasteiger partial charge on any atom is 0.276 e. The van der Waals surface area contributed by atoms with Crippen molar-refractivity contribution in [3.8, 4) is 0 Å². The van der Waals surface area contributed by atoms with E-state index in [4.69, 9.17) is 17.3 Å². The van der Waals surface area contributed by atoms with Gasteiger partial charge < -0.3 is 10.6 Å². The average molecular weight is 311 g/mol. The van der Waals surface area contributed by atoms with E-state index in [0.717, 1.165) is 0 Å². The third kappa shape index (κ3) is 3.00. The lowest BCUT2D eigenvalue weighted by atomic mass is 10.2. The van der Waals surface area contributed by atoms with E-state index >= 15 is 0 Å². The summed E-state index contributed by atoms with van der Waals surface area (Å²) in [6.07, 6.45) is 0.648. The number of benzene rings is 1. The molecule has 21 heavy (non-hydrogen) atoms. The number of H-pyrrole nitrogens is 1. The van der Waals surface area contributed by atoms with Crippen LogP contribution in [-0.2, 0) is 13.0 Å². The Morgan fingerprint density at radius 1 is 1.52 bits per heavy atom. The molecule has 1 amide bonds. The molecule has 0 radical (unpaired) electrons. The Hall–Kier alpha value is -2.08. The molecule has 1 aromatic heterocycles. The first-order valence-corrected chi connectivity index (χ1v) is 6.84. The highest BCUT2D eigenvalue weighted by Crippen LogP contribution is 2.22. The average Bonchev–Trinajstić information content (AvgIpc) is 2.83. The van der Waals surface area contributed by atoms with E-state index in [1.54, 1.807) is 13.1 Å². The lowest BCUT2D eigenvalue weighted by Crippen LogP contribution is -2.27. The molecule has 2 aromatic rings. The van der Waals surface area contributed by atoms with Crippen LogP contribution in [-0.4, -0.2) is 28.1 Å². The Bertz CT molecular complexity index is 651. The van der Waals surface area contributed by atoms with E-state index in [1.807, 2.05) is 6.92 Å². The molecule has 0 saturated carbocycles. The second-order valence-electron chi connectivity index (χ2n) is 4.68. The number of hydrogen-bond donors (Lipinski definition) is 2. The van der Waals surface area contributed by atoms with E-state index in [2.05, 4.69) is 10.2 Å². The van der Waals surface area contributed by atoms with Crippen LogP contribution in [0.25, 0.3) is 0 Å². The maximum atomic E-state index is 13.7. The Kier molecular flexibility index (Phi) is 4.47. The smallest absolute Gasteiger partial charge is 0.276 e. The number of hydrogen-bond acceptors (Lipinski definition) is 3. The molecular formula is C14H16ClFN4O. The first-order chi connectivity index (χ1) is 9.95. The fourth-order valence-corrected chi connectivity index (χ4v) is 2.22. The summed E-state index contributed by atoms with van der Waals surface area (Å²) < 4.78 is 13.7. The van der Waals surface area contributed by atoms with Gasteiger partial charge in [0, 0.05) is 17.6 Å². The SMILES string of the molecule is CCc1[nH]nc(C(=O)N(C)Cc2c(F)cccc2Cl)c1N. The summed E-state index contributed by atoms with van der Waals surface area (Å²) in [5, 5.41) is 6.93. The van der Waals surface area contributed by atoms with Gasteiger partial charge in [0.05, 0.1) is 17.9 Å². The normalized spacial score (nSPS) is 10.7. The molecule has 0 aliphatic heterocycles. The van der Waals surface area contributed by atoms with E-state index in [-0.39, 0.29) is 28.7 Å². The van der Waals surface area contributed by atoms with Gasteiger partial charge in [-0.25, -0.2) is 4.39 Å². The summed E-state index contributed by atoms with van der Waals surface area (Å²) >= 11 is 5.96. The zero-order valence-corrected chi connectivity index (χ0v) is 12.5. The molecular weight excluding hydrogens is 295 g/mol. The number of rotatable bonds is 4. The molecule has 0 saturated heterocycles. The summed E-state index contributed by atoms with van der Waals surface area (Å²) in [7, 11) is 1.55. The molecule has 1 aromatic carbocycles. The van der Waals surface area contributed by atoms with Crippen molar-refractivity contribution in [1.82, 2.24) is 15.1 Å². The van der Waals surface area contributed by atoms with Gasteiger partial charge >= 0.3 is 0 Å². The fourth-order valence-electron chi connectivity index (χ4n) is 1.99. The predicted octanol–water partition coefficient (Wildman–Crippen LogP) is 2.62. The van der Waals surface area contributed by atoms with Crippen molar-refractivity contribution in [3.63, 3.8) is 0 Å². The number of nitrogen functional groups attached to an aromatic ring is 1. The van der Waals surface area contributed by atoms with Crippen molar-refractivity contribution in [1.29, 1.82) is 0 Å². The number of halogens is 2. The van der Waals surface area contributed by atoms with E-state index in [9.17, 15) is 9.18 Å². The Morgan fingerprint density at radius 2 is 2.24 bits per heavy atom.